The Labute approximate surface area is 153 Å². The van der Waals surface area contributed by atoms with E-state index in [1.807, 2.05) is 0 Å². The van der Waals surface area contributed by atoms with E-state index in [1.165, 1.54) is 30.4 Å². The van der Waals surface area contributed by atoms with Crippen LogP contribution in [0.15, 0.2) is 17.7 Å². The molecule has 2 fully saturated rings. The number of aliphatic carboxylic acids is 1. The molecule has 2 aliphatic rings. The van der Waals surface area contributed by atoms with Gasteiger partial charge >= 0.3 is 29.6 Å². The molecule has 22 heavy (non-hydrogen) atoms. The third-order valence-electron chi connectivity index (χ3n) is 3.97. The molecule has 0 saturated carbocycles. The van der Waals surface area contributed by atoms with Crippen LogP contribution in [0, 0.1) is 0 Å². The first-order chi connectivity index (χ1) is 9.79. The number of hydrogen-bond acceptors (Lipinski definition) is 7. The first-order valence-electron chi connectivity index (χ1n) is 6.13. The third-order valence-corrected chi connectivity index (χ3v) is 7.41. The van der Waals surface area contributed by atoms with Gasteiger partial charge in [-0.3, -0.25) is 4.79 Å². The second-order valence-corrected chi connectivity index (χ2v) is 8.55. The molecule has 0 N–H and O–H groups in total. The first-order valence-corrected chi connectivity index (χ1v) is 8.56. The predicted molar refractivity (Wildman–Crippen MR) is 72.5 cm³/mol. The van der Waals surface area contributed by atoms with Gasteiger partial charge in [0, 0.05) is 11.6 Å². The minimum absolute atomic E-state index is 0. The fourth-order valence-electron chi connectivity index (χ4n) is 2.78. The van der Waals surface area contributed by atoms with Crippen LogP contribution < -0.4 is 34.7 Å². The molecule has 0 radical (unpaired) electrons. The molecule has 0 spiro atoms. The SMILES string of the molecule is C[C@]1(/C=C\c2nccs2)[C@H](C(=O)[O-])N2C(=O)C[C@H]2S1(=O)=O.[Na+]. The normalized spacial score (nSPS) is 32.4. The van der Waals surface area contributed by atoms with E-state index in [0.29, 0.717) is 5.01 Å². The summed E-state index contributed by atoms with van der Waals surface area (Å²) in [5.74, 6) is -2.05. The van der Waals surface area contributed by atoms with E-state index >= 15 is 0 Å². The average Bonchev–Trinajstić information content (AvgIpc) is 2.95. The van der Waals surface area contributed by atoms with Crippen LogP contribution in [-0.4, -0.2) is 46.3 Å². The Hall–Kier alpha value is -0.740. The van der Waals surface area contributed by atoms with E-state index in [0.717, 1.165) is 4.90 Å². The standard InChI is InChI=1S/C12H12N2O5S2.Na/c1-12(3-2-7-13-4-5-20-7)10(11(16)17)14-8(15)6-9(14)21(12,18)19;/h2-5,9-10H,6H2,1H3,(H,16,17);/q;+1/p-1/b3-2-;/t9-,10+,12+;/m1./s1. The van der Waals surface area contributed by atoms with E-state index in [4.69, 9.17) is 0 Å². The summed E-state index contributed by atoms with van der Waals surface area (Å²) in [7, 11) is -3.83. The zero-order valence-corrected chi connectivity index (χ0v) is 15.6. The molecule has 10 heteroatoms. The third kappa shape index (κ3) is 2.26. The number of hydrogen-bond donors (Lipinski definition) is 0. The van der Waals surface area contributed by atoms with Crippen molar-refractivity contribution >= 4 is 39.1 Å². The van der Waals surface area contributed by atoms with E-state index in [1.54, 1.807) is 11.6 Å². The smallest absolute Gasteiger partial charge is 0.548 e. The number of β-lactam (4-membered cyclic amide) rings is 1. The maximum atomic E-state index is 12.5. The molecule has 3 rings (SSSR count). The van der Waals surface area contributed by atoms with Crippen LogP contribution in [0.2, 0.25) is 0 Å². The maximum Gasteiger partial charge on any atom is 1.00 e. The van der Waals surface area contributed by atoms with Gasteiger partial charge in [0.2, 0.25) is 5.91 Å². The van der Waals surface area contributed by atoms with E-state index in [9.17, 15) is 23.1 Å². The number of carbonyl (C=O) groups is 2. The molecule has 1 aromatic heterocycles. The van der Waals surface area contributed by atoms with Gasteiger partial charge in [0.25, 0.3) is 0 Å². The second-order valence-electron chi connectivity index (χ2n) is 5.11. The Morgan fingerprint density at radius 2 is 2.27 bits per heavy atom. The van der Waals surface area contributed by atoms with Crippen molar-refractivity contribution in [2.45, 2.75) is 29.5 Å². The number of sulfone groups is 1. The Morgan fingerprint density at radius 1 is 1.59 bits per heavy atom. The van der Waals surface area contributed by atoms with Gasteiger partial charge in [-0.25, -0.2) is 13.4 Å². The van der Waals surface area contributed by atoms with Gasteiger partial charge in [-0.2, -0.15) is 0 Å². The summed E-state index contributed by atoms with van der Waals surface area (Å²) in [5.41, 5.74) is 0. The van der Waals surface area contributed by atoms with Crippen molar-refractivity contribution in [1.82, 2.24) is 9.88 Å². The molecule has 0 aliphatic carbocycles. The molecule has 0 aromatic carbocycles. The number of amides is 1. The van der Waals surface area contributed by atoms with Crippen LogP contribution in [0.5, 0.6) is 0 Å². The monoisotopic (exact) mass is 350 g/mol. The van der Waals surface area contributed by atoms with Gasteiger partial charge in [0.15, 0.2) is 9.84 Å². The summed E-state index contributed by atoms with van der Waals surface area (Å²) in [6, 6.07) is -1.51. The molecular weight excluding hydrogens is 339 g/mol. The Bertz CT molecular complexity index is 746. The van der Waals surface area contributed by atoms with Gasteiger partial charge in [-0.1, -0.05) is 6.08 Å². The molecule has 2 aliphatic heterocycles. The molecular formula is C12H11N2NaO5S2. The maximum absolute atomic E-state index is 12.5. The van der Waals surface area contributed by atoms with Crippen molar-refractivity contribution in [3.63, 3.8) is 0 Å². The summed E-state index contributed by atoms with van der Waals surface area (Å²) in [5, 5.41) is 12.6. The van der Waals surface area contributed by atoms with Crippen LogP contribution in [0.25, 0.3) is 6.08 Å². The molecule has 3 heterocycles. The van der Waals surface area contributed by atoms with Crippen molar-refractivity contribution in [3.8, 4) is 0 Å². The van der Waals surface area contributed by atoms with E-state index in [-0.39, 0.29) is 36.0 Å². The van der Waals surface area contributed by atoms with E-state index in [2.05, 4.69) is 4.98 Å². The number of fused-ring (bicyclic) bond motifs is 1. The van der Waals surface area contributed by atoms with Crippen LogP contribution >= 0.6 is 11.3 Å². The average molecular weight is 350 g/mol. The predicted octanol–water partition coefficient (Wildman–Crippen LogP) is -3.98. The fourth-order valence-corrected chi connectivity index (χ4v) is 5.58. The second kappa shape index (κ2) is 5.72. The first kappa shape index (κ1) is 17.6. The molecule has 1 aromatic rings. The quantitative estimate of drug-likeness (QED) is 0.406. The number of thiazole rings is 1. The van der Waals surface area contributed by atoms with Crippen molar-refractivity contribution in [2.24, 2.45) is 0 Å². The summed E-state index contributed by atoms with van der Waals surface area (Å²) in [4.78, 5) is 27.8. The molecule has 3 atom stereocenters. The summed E-state index contributed by atoms with van der Waals surface area (Å²) < 4.78 is 23.4. The van der Waals surface area contributed by atoms with Gasteiger partial charge in [0.05, 0.1) is 18.4 Å². The van der Waals surface area contributed by atoms with Crippen LogP contribution in [0.3, 0.4) is 0 Å². The fraction of sp³-hybridized carbons (Fsp3) is 0.417. The topological polar surface area (TPSA) is 107 Å². The van der Waals surface area contributed by atoms with Crippen molar-refractivity contribution in [3.05, 3.63) is 22.7 Å². The van der Waals surface area contributed by atoms with Crippen molar-refractivity contribution < 1.29 is 52.7 Å². The number of carbonyl (C=O) groups excluding carboxylic acids is 2. The van der Waals surface area contributed by atoms with Gasteiger partial charge < -0.3 is 14.8 Å². The number of rotatable bonds is 3. The van der Waals surface area contributed by atoms with Crippen LogP contribution in [0.4, 0.5) is 0 Å². The van der Waals surface area contributed by atoms with Gasteiger partial charge in [0.1, 0.15) is 15.1 Å². The Balaban J connectivity index is 0.00000176. The largest absolute Gasteiger partial charge is 1.00 e. The molecule has 1 amide bonds. The van der Waals surface area contributed by atoms with Crippen LogP contribution in [0.1, 0.15) is 18.4 Å². The Kier molecular flexibility index (Phi) is 4.58. The minimum Gasteiger partial charge on any atom is -0.548 e. The Morgan fingerprint density at radius 3 is 2.77 bits per heavy atom. The molecule has 112 valence electrons. The van der Waals surface area contributed by atoms with Crippen molar-refractivity contribution in [1.29, 1.82) is 0 Å². The molecule has 7 nitrogen and oxygen atoms in total. The van der Waals surface area contributed by atoms with Gasteiger partial charge in [-0.05, 0) is 13.0 Å². The summed E-state index contributed by atoms with van der Waals surface area (Å²) in [6.45, 7) is 1.30. The van der Waals surface area contributed by atoms with Gasteiger partial charge in [-0.15, -0.1) is 11.3 Å². The summed E-state index contributed by atoms with van der Waals surface area (Å²) >= 11 is 1.30. The molecule has 2 saturated heterocycles. The zero-order valence-electron chi connectivity index (χ0n) is 11.9. The van der Waals surface area contributed by atoms with E-state index < -0.39 is 37.9 Å². The molecule has 0 bridgehead atoms. The zero-order chi connectivity index (χ0) is 15.4. The number of carboxylic acid groups (broad SMARTS) is 1. The number of carboxylic acids is 1. The van der Waals surface area contributed by atoms with Crippen LogP contribution in [-0.2, 0) is 19.4 Å². The summed E-state index contributed by atoms with van der Waals surface area (Å²) in [6.07, 6.45) is 4.15. The number of aromatic nitrogens is 1. The molecule has 0 unspecified atom stereocenters. The van der Waals surface area contributed by atoms with Crippen molar-refractivity contribution in [2.75, 3.05) is 0 Å². The minimum atomic E-state index is -3.83. The number of nitrogens with zero attached hydrogens (tertiary/aromatic N) is 2.